The predicted octanol–water partition coefficient (Wildman–Crippen LogP) is 1.59. The molecule has 0 aromatic carbocycles. The summed E-state index contributed by atoms with van der Waals surface area (Å²) in [4.78, 5) is 7.07. The lowest BCUT2D eigenvalue weighted by atomic mass is 9.95. The Morgan fingerprint density at radius 1 is 1.17 bits per heavy atom. The molecule has 142 valence electrons. The molecule has 0 saturated carbocycles. The van der Waals surface area contributed by atoms with E-state index in [9.17, 15) is 5.11 Å². The third-order valence-electron chi connectivity index (χ3n) is 4.51. The fourth-order valence-electron chi connectivity index (χ4n) is 3.06. The number of aliphatic imine (C=N–C) groups is 1. The molecule has 0 atom stereocenters. The fourth-order valence-corrected chi connectivity index (χ4v) is 3.06. The first-order valence-electron chi connectivity index (χ1n) is 9.46. The Morgan fingerprint density at radius 2 is 1.79 bits per heavy atom. The minimum atomic E-state index is -0.716. The van der Waals surface area contributed by atoms with Gasteiger partial charge >= 0.3 is 0 Å². The highest BCUT2D eigenvalue weighted by atomic mass is 16.5. The number of hydrogen-bond donors (Lipinski definition) is 3. The lowest BCUT2D eigenvalue weighted by Crippen LogP contribution is -2.43. The van der Waals surface area contributed by atoms with Gasteiger partial charge in [-0.2, -0.15) is 0 Å². The van der Waals surface area contributed by atoms with Crippen molar-refractivity contribution >= 4 is 5.96 Å². The Labute approximate surface area is 148 Å². The summed E-state index contributed by atoms with van der Waals surface area (Å²) in [7, 11) is 0. The van der Waals surface area contributed by atoms with Crippen molar-refractivity contribution in [2.45, 2.75) is 71.6 Å². The smallest absolute Gasteiger partial charge is 0.191 e. The van der Waals surface area contributed by atoms with Crippen LogP contribution < -0.4 is 10.6 Å². The van der Waals surface area contributed by atoms with E-state index in [1.807, 2.05) is 0 Å². The number of ether oxygens (including phenoxy) is 1. The number of rotatable bonds is 9. The van der Waals surface area contributed by atoms with E-state index in [2.05, 4.69) is 55.1 Å². The van der Waals surface area contributed by atoms with E-state index in [0.29, 0.717) is 44.7 Å². The molecule has 0 bridgehead atoms. The molecule has 0 spiro atoms. The van der Waals surface area contributed by atoms with Gasteiger partial charge in [0.05, 0.1) is 12.1 Å². The van der Waals surface area contributed by atoms with Crippen molar-refractivity contribution in [2.24, 2.45) is 4.99 Å². The molecule has 24 heavy (non-hydrogen) atoms. The van der Waals surface area contributed by atoms with Crippen LogP contribution in [0.5, 0.6) is 0 Å². The highest BCUT2D eigenvalue weighted by Gasteiger charge is 2.29. The molecule has 0 aromatic rings. The Bertz CT molecular complexity index is 358. The maximum atomic E-state index is 10.5. The summed E-state index contributed by atoms with van der Waals surface area (Å²) in [6.45, 7) is 15.5. The molecule has 0 aromatic heterocycles. The van der Waals surface area contributed by atoms with Crippen LogP contribution in [-0.2, 0) is 4.74 Å². The standard InChI is InChI=1S/C18H38N4O2/c1-6-19-17(21-14-18(23)8-12-24-13-9-18)20-10-7-11-22(15(2)3)16(4)5/h15-16,23H,6-14H2,1-5H3,(H2,19,20,21). The maximum Gasteiger partial charge on any atom is 0.191 e. The first-order valence-corrected chi connectivity index (χ1v) is 9.46. The van der Waals surface area contributed by atoms with Crippen LogP contribution in [0.15, 0.2) is 4.99 Å². The lowest BCUT2D eigenvalue weighted by Gasteiger charge is -2.31. The zero-order valence-electron chi connectivity index (χ0n) is 16.3. The van der Waals surface area contributed by atoms with Crippen molar-refractivity contribution in [1.29, 1.82) is 0 Å². The van der Waals surface area contributed by atoms with Crippen LogP contribution in [0.4, 0.5) is 0 Å². The number of guanidine groups is 1. The summed E-state index contributed by atoms with van der Waals surface area (Å²) in [5.74, 6) is 0.790. The summed E-state index contributed by atoms with van der Waals surface area (Å²) in [5, 5.41) is 17.1. The van der Waals surface area contributed by atoms with Gasteiger partial charge in [-0.05, 0) is 41.0 Å². The van der Waals surface area contributed by atoms with Gasteiger partial charge in [0.15, 0.2) is 5.96 Å². The van der Waals surface area contributed by atoms with Crippen LogP contribution in [-0.4, -0.2) is 73.0 Å². The Kier molecular flexibility index (Phi) is 9.63. The van der Waals surface area contributed by atoms with Crippen LogP contribution in [0, 0.1) is 0 Å². The Morgan fingerprint density at radius 3 is 2.33 bits per heavy atom. The normalized spacial score (nSPS) is 18.5. The van der Waals surface area contributed by atoms with Gasteiger partial charge in [-0.3, -0.25) is 9.89 Å². The third-order valence-corrected chi connectivity index (χ3v) is 4.51. The van der Waals surface area contributed by atoms with Crippen LogP contribution in [0.3, 0.4) is 0 Å². The quantitative estimate of drug-likeness (QED) is 0.337. The van der Waals surface area contributed by atoms with Gasteiger partial charge in [0, 0.05) is 57.8 Å². The van der Waals surface area contributed by atoms with Gasteiger partial charge in [0.25, 0.3) is 0 Å². The molecule has 1 aliphatic rings. The highest BCUT2D eigenvalue weighted by Crippen LogP contribution is 2.20. The fraction of sp³-hybridized carbons (Fsp3) is 0.944. The second-order valence-corrected chi connectivity index (χ2v) is 7.24. The Balaban J connectivity index is 2.40. The number of hydrogen-bond acceptors (Lipinski definition) is 4. The molecule has 1 saturated heterocycles. The van der Waals surface area contributed by atoms with E-state index < -0.39 is 5.60 Å². The van der Waals surface area contributed by atoms with Gasteiger partial charge in [0.2, 0.25) is 0 Å². The molecule has 6 nitrogen and oxygen atoms in total. The minimum absolute atomic E-state index is 0.426. The van der Waals surface area contributed by atoms with Crippen LogP contribution in [0.25, 0.3) is 0 Å². The second-order valence-electron chi connectivity index (χ2n) is 7.24. The van der Waals surface area contributed by atoms with Crippen molar-refractivity contribution in [3.05, 3.63) is 0 Å². The molecule has 1 rings (SSSR count). The van der Waals surface area contributed by atoms with Crippen LogP contribution in [0.2, 0.25) is 0 Å². The predicted molar refractivity (Wildman–Crippen MR) is 101 cm³/mol. The summed E-state index contributed by atoms with van der Waals surface area (Å²) in [5.41, 5.74) is -0.716. The van der Waals surface area contributed by atoms with Gasteiger partial charge in [0.1, 0.15) is 0 Å². The largest absolute Gasteiger partial charge is 0.388 e. The van der Waals surface area contributed by atoms with Crippen molar-refractivity contribution in [3.63, 3.8) is 0 Å². The molecule has 0 radical (unpaired) electrons. The topological polar surface area (TPSA) is 69.1 Å². The second kappa shape index (κ2) is 10.9. The minimum Gasteiger partial charge on any atom is -0.388 e. The van der Waals surface area contributed by atoms with Crippen molar-refractivity contribution in [1.82, 2.24) is 15.5 Å². The molecule has 0 aliphatic carbocycles. The van der Waals surface area contributed by atoms with Crippen molar-refractivity contribution < 1.29 is 9.84 Å². The molecule has 1 heterocycles. The first kappa shape index (κ1) is 21.2. The van der Waals surface area contributed by atoms with E-state index in [1.54, 1.807) is 0 Å². The third kappa shape index (κ3) is 7.81. The van der Waals surface area contributed by atoms with Gasteiger partial charge in [-0.25, -0.2) is 0 Å². The van der Waals surface area contributed by atoms with E-state index in [4.69, 9.17) is 4.74 Å². The van der Waals surface area contributed by atoms with Gasteiger partial charge in [-0.15, -0.1) is 0 Å². The van der Waals surface area contributed by atoms with Gasteiger partial charge in [-0.1, -0.05) is 0 Å². The van der Waals surface area contributed by atoms with Crippen LogP contribution in [0.1, 0.15) is 53.9 Å². The molecule has 0 amide bonds. The van der Waals surface area contributed by atoms with Crippen LogP contribution >= 0.6 is 0 Å². The number of aliphatic hydroxyl groups is 1. The molecule has 1 aliphatic heterocycles. The summed E-state index contributed by atoms with van der Waals surface area (Å²) >= 11 is 0. The van der Waals surface area contributed by atoms with E-state index in [0.717, 1.165) is 32.0 Å². The zero-order chi connectivity index (χ0) is 18.0. The number of nitrogens with one attached hydrogen (secondary N) is 2. The molecular weight excluding hydrogens is 304 g/mol. The lowest BCUT2D eigenvalue weighted by molar-refractivity contribution is -0.0565. The Hall–Kier alpha value is -0.850. The average molecular weight is 343 g/mol. The van der Waals surface area contributed by atoms with Crippen molar-refractivity contribution in [3.8, 4) is 0 Å². The van der Waals surface area contributed by atoms with E-state index in [-0.39, 0.29) is 0 Å². The molecular formula is C18H38N4O2. The highest BCUT2D eigenvalue weighted by molar-refractivity contribution is 5.79. The SMILES string of the molecule is CCNC(=NCC1(O)CCOCC1)NCCCN(C(C)C)C(C)C. The summed E-state index contributed by atoms with van der Waals surface area (Å²) in [6, 6.07) is 1.13. The monoisotopic (exact) mass is 342 g/mol. The summed E-state index contributed by atoms with van der Waals surface area (Å²) < 4.78 is 5.32. The zero-order valence-corrected chi connectivity index (χ0v) is 16.3. The van der Waals surface area contributed by atoms with E-state index >= 15 is 0 Å². The molecule has 3 N–H and O–H groups in total. The summed E-state index contributed by atoms with van der Waals surface area (Å²) in [6.07, 6.45) is 2.39. The maximum absolute atomic E-state index is 10.5. The average Bonchev–Trinajstić information content (AvgIpc) is 2.52. The van der Waals surface area contributed by atoms with Gasteiger partial charge < -0.3 is 20.5 Å². The van der Waals surface area contributed by atoms with E-state index in [1.165, 1.54) is 0 Å². The molecule has 0 unspecified atom stereocenters. The van der Waals surface area contributed by atoms with Crippen molar-refractivity contribution in [2.75, 3.05) is 39.4 Å². The number of nitrogens with zero attached hydrogens (tertiary/aromatic N) is 2. The first-order chi connectivity index (χ1) is 11.4. The molecule has 6 heteroatoms. The molecule has 1 fully saturated rings.